The summed E-state index contributed by atoms with van der Waals surface area (Å²) < 4.78 is 11.6. The Balaban J connectivity index is 1.75. The summed E-state index contributed by atoms with van der Waals surface area (Å²) in [4.78, 5) is 17.0. The molecule has 0 fully saturated rings. The van der Waals surface area contributed by atoms with Gasteiger partial charge in [-0.2, -0.15) is 0 Å². The molecular formula is C22H20BrClN2O4. The van der Waals surface area contributed by atoms with Crippen LogP contribution in [0.4, 0.5) is 10.6 Å². The summed E-state index contributed by atoms with van der Waals surface area (Å²) in [6.45, 7) is 3.72. The van der Waals surface area contributed by atoms with Crippen molar-refractivity contribution in [3.05, 3.63) is 81.4 Å². The minimum atomic E-state index is -1.37. The van der Waals surface area contributed by atoms with Crippen LogP contribution in [0.3, 0.4) is 0 Å². The first-order valence-corrected chi connectivity index (χ1v) is 10.4. The molecule has 0 aliphatic carbocycles. The summed E-state index contributed by atoms with van der Waals surface area (Å²) in [7, 11) is 0. The lowest BCUT2D eigenvalue weighted by atomic mass is 10.1. The van der Waals surface area contributed by atoms with E-state index in [1.54, 1.807) is 12.1 Å². The fraction of sp³-hybridized carbons (Fsp3) is 0.182. The van der Waals surface area contributed by atoms with E-state index in [-0.39, 0.29) is 5.75 Å². The maximum Gasteiger partial charge on any atom is 0.511 e. The maximum atomic E-state index is 10.6. The van der Waals surface area contributed by atoms with Crippen molar-refractivity contribution in [3.63, 3.8) is 0 Å². The summed E-state index contributed by atoms with van der Waals surface area (Å²) in [5, 5.41) is 9.39. The van der Waals surface area contributed by atoms with Crippen LogP contribution in [0.15, 0.2) is 65.3 Å². The first kappa shape index (κ1) is 21.9. The highest BCUT2D eigenvalue weighted by Crippen LogP contribution is 2.27. The summed E-state index contributed by atoms with van der Waals surface area (Å²) in [5.41, 5.74) is 2.02. The molecule has 6 nitrogen and oxygen atoms in total. The van der Waals surface area contributed by atoms with E-state index in [4.69, 9.17) is 21.4 Å². The normalized spacial score (nSPS) is 10.5. The van der Waals surface area contributed by atoms with Crippen molar-refractivity contribution in [1.82, 2.24) is 4.98 Å². The van der Waals surface area contributed by atoms with E-state index in [0.717, 1.165) is 21.3 Å². The first-order chi connectivity index (χ1) is 14.4. The molecule has 1 heterocycles. The van der Waals surface area contributed by atoms with Crippen LogP contribution in [-0.4, -0.2) is 22.8 Å². The predicted octanol–water partition coefficient (Wildman–Crippen LogP) is 6.16. The van der Waals surface area contributed by atoms with Gasteiger partial charge < -0.3 is 19.5 Å². The number of nitrogens with zero attached hydrogens (tertiary/aromatic N) is 2. The van der Waals surface area contributed by atoms with Crippen LogP contribution in [0.25, 0.3) is 0 Å². The molecule has 156 valence electrons. The number of carbonyl (C=O) groups is 1. The third-order valence-corrected chi connectivity index (χ3v) is 5.07. The smallest absolute Gasteiger partial charge is 0.489 e. The largest absolute Gasteiger partial charge is 0.511 e. The van der Waals surface area contributed by atoms with Crippen LogP contribution in [-0.2, 0) is 13.2 Å². The number of benzene rings is 2. The molecule has 0 spiro atoms. The summed E-state index contributed by atoms with van der Waals surface area (Å²) in [5.74, 6) is 1.66. The van der Waals surface area contributed by atoms with E-state index in [0.29, 0.717) is 30.5 Å². The van der Waals surface area contributed by atoms with Gasteiger partial charge in [0.2, 0.25) is 0 Å². The lowest BCUT2D eigenvalue weighted by molar-refractivity contribution is 0.144. The number of anilines is 1. The average molecular weight is 492 g/mol. The second kappa shape index (κ2) is 10.3. The Morgan fingerprint density at radius 1 is 1.17 bits per heavy atom. The Morgan fingerprint density at radius 2 is 1.93 bits per heavy atom. The molecule has 0 unspecified atom stereocenters. The van der Waals surface area contributed by atoms with Crippen molar-refractivity contribution < 1.29 is 19.4 Å². The second-order valence-electron chi connectivity index (χ2n) is 6.40. The Morgan fingerprint density at radius 3 is 2.57 bits per heavy atom. The zero-order valence-electron chi connectivity index (χ0n) is 16.2. The van der Waals surface area contributed by atoms with Crippen molar-refractivity contribution in [2.45, 2.75) is 20.1 Å². The molecule has 8 heteroatoms. The lowest BCUT2D eigenvalue weighted by Gasteiger charge is -2.23. The van der Waals surface area contributed by atoms with Crippen LogP contribution in [0.1, 0.15) is 18.1 Å². The van der Waals surface area contributed by atoms with Crippen molar-refractivity contribution in [2.75, 3.05) is 11.4 Å². The monoisotopic (exact) mass is 490 g/mol. The molecule has 3 aromatic rings. The van der Waals surface area contributed by atoms with Gasteiger partial charge in [0.25, 0.3) is 0 Å². The number of carboxylic acid groups (broad SMARTS) is 1. The fourth-order valence-corrected chi connectivity index (χ4v) is 3.37. The number of hydrogen-bond donors (Lipinski definition) is 1. The van der Waals surface area contributed by atoms with Crippen molar-refractivity contribution in [3.8, 4) is 11.5 Å². The molecule has 0 saturated heterocycles. The first-order valence-electron chi connectivity index (χ1n) is 9.22. The molecular weight excluding hydrogens is 472 g/mol. The van der Waals surface area contributed by atoms with Crippen LogP contribution in [0.2, 0.25) is 5.02 Å². The van der Waals surface area contributed by atoms with Crippen LogP contribution >= 0.6 is 27.5 Å². The Hall–Kier alpha value is -2.77. The SMILES string of the molecule is CCN(Cc1cc(Br)ccc1OCc1ccc(Cl)cc1)c1ccc(OC(=O)O)cn1. The summed E-state index contributed by atoms with van der Waals surface area (Å²) >= 11 is 9.47. The molecule has 0 bridgehead atoms. The summed E-state index contributed by atoms with van der Waals surface area (Å²) in [6.07, 6.45) is 0.0267. The third kappa shape index (κ3) is 6.11. The third-order valence-electron chi connectivity index (χ3n) is 4.32. The molecule has 2 aromatic carbocycles. The van der Waals surface area contributed by atoms with E-state index < -0.39 is 6.16 Å². The van der Waals surface area contributed by atoms with Crippen molar-refractivity contribution in [1.29, 1.82) is 0 Å². The quantitative estimate of drug-likeness (QED) is 0.381. The Bertz CT molecular complexity index is 997. The van der Waals surface area contributed by atoms with Gasteiger partial charge in [-0.05, 0) is 55.0 Å². The molecule has 30 heavy (non-hydrogen) atoms. The summed E-state index contributed by atoms with van der Waals surface area (Å²) in [6, 6.07) is 16.7. The number of hydrogen-bond acceptors (Lipinski definition) is 5. The number of halogens is 2. The predicted molar refractivity (Wildman–Crippen MR) is 120 cm³/mol. The van der Waals surface area contributed by atoms with Gasteiger partial charge in [-0.3, -0.25) is 0 Å². The van der Waals surface area contributed by atoms with Gasteiger partial charge in [0.1, 0.15) is 18.2 Å². The molecule has 0 radical (unpaired) electrons. The van der Waals surface area contributed by atoms with Gasteiger partial charge in [0.05, 0.1) is 6.20 Å². The van der Waals surface area contributed by atoms with Gasteiger partial charge in [-0.15, -0.1) is 0 Å². The number of pyridine rings is 1. The molecule has 1 N–H and O–H groups in total. The van der Waals surface area contributed by atoms with E-state index in [1.165, 1.54) is 6.20 Å². The topological polar surface area (TPSA) is 71.9 Å². The van der Waals surface area contributed by atoms with Crippen molar-refractivity contribution in [2.24, 2.45) is 0 Å². The standard InChI is InChI=1S/C22H20BrClN2O4/c1-2-26(21-10-8-19(12-25-21)30-22(27)28)13-16-11-17(23)5-9-20(16)29-14-15-3-6-18(24)7-4-15/h3-12H,2,13-14H2,1H3,(H,27,28). The maximum absolute atomic E-state index is 10.6. The van der Waals surface area contributed by atoms with Gasteiger partial charge in [0, 0.05) is 28.1 Å². The highest BCUT2D eigenvalue weighted by molar-refractivity contribution is 9.10. The van der Waals surface area contributed by atoms with E-state index in [1.807, 2.05) is 49.4 Å². The average Bonchev–Trinajstić information content (AvgIpc) is 2.73. The van der Waals surface area contributed by atoms with Gasteiger partial charge in [-0.25, -0.2) is 9.78 Å². The zero-order valence-corrected chi connectivity index (χ0v) is 18.6. The van der Waals surface area contributed by atoms with Gasteiger partial charge in [0.15, 0.2) is 5.75 Å². The Kier molecular flexibility index (Phi) is 7.54. The molecule has 0 aliphatic rings. The zero-order chi connectivity index (χ0) is 21.5. The van der Waals surface area contributed by atoms with Crippen LogP contribution in [0.5, 0.6) is 11.5 Å². The fourth-order valence-electron chi connectivity index (χ4n) is 2.84. The van der Waals surface area contributed by atoms with Crippen LogP contribution < -0.4 is 14.4 Å². The number of rotatable bonds is 8. The van der Waals surface area contributed by atoms with E-state index in [2.05, 4.69) is 30.6 Å². The van der Waals surface area contributed by atoms with Gasteiger partial charge >= 0.3 is 6.16 Å². The highest BCUT2D eigenvalue weighted by Gasteiger charge is 2.13. The minimum absolute atomic E-state index is 0.178. The molecule has 0 amide bonds. The Labute approximate surface area is 188 Å². The number of ether oxygens (including phenoxy) is 2. The highest BCUT2D eigenvalue weighted by atomic mass is 79.9. The van der Waals surface area contributed by atoms with E-state index >= 15 is 0 Å². The van der Waals surface area contributed by atoms with Crippen LogP contribution in [0, 0.1) is 0 Å². The molecule has 3 rings (SSSR count). The molecule has 0 aliphatic heterocycles. The van der Waals surface area contributed by atoms with Gasteiger partial charge in [-0.1, -0.05) is 39.7 Å². The lowest BCUT2D eigenvalue weighted by Crippen LogP contribution is -2.23. The molecule has 0 saturated carbocycles. The number of aromatic nitrogens is 1. The molecule has 1 aromatic heterocycles. The second-order valence-corrected chi connectivity index (χ2v) is 7.75. The van der Waals surface area contributed by atoms with E-state index in [9.17, 15) is 4.79 Å². The minimum Gasteiger partial charge on any atom is -0.489 e. The van der Waals surface area contributed by atoms with Crippen molar-refractivity contribution >= 4 is 39.5 Å². The molecule has 0 atom stereocenters.